The lowest BCUT2D eigenvalue weighted by Crippen LogP contribution is -3.15. The topological polar surface area (TPSA) is 131 Å². The zero-order valence-corrected chi connectivity index (χ0v) is 10.2. The third-order valence-corrected chi connectivity index (χ3v) is 3.85. The van der Waals surface area contributed by atoms with Gasteiger partial charge in [-0.1, -0.05) is 0 Å². The largest absolute Gasteiger partial charge is 0.545 e. The van der Waals surface area contributed by atoms with Crippen LogP contribution in [-0.4, -0.2) is 47.0 Å². The summed E-state index contributed by atoms with van der Waals surface area (Å²) in [5.74, 6) is -1.57. The summed E-state index contributed by atoms with van der Waals surface area (Å²) in [7, 11) is 1.63. The highest BCUT2D eigenvalue weighted by atomic mass is 16.6. The number of nitrogens with one attached hydrogen (secondary N) is 1. The van der Waals surface area contributed by atoms with Crippen molar-refractivity contribution in [2.75, 3.05) is 20.1 Å². The fraction of sp³-hybridized carbons (Fsp3) is 0.700. The summed E-state index contributed by atoms with van der Waals surface area (Å²) in [6.07, 6.45) is 0.441. The Balaban J connectivity index is 2.58. The Labute approximate surface area is 107 Å². The highest BCUT2D eigenvalue weighted by Crippen LogP contribution is 2.39. The number of nitrogens with zero attached hydrogens (tertiary/aromatic N) is 2. The highest BCUT2D eigenvalue weighted by Gasteiger charge is 2.66. The maximum atomic E-state index is 11.3. The van der Waals surface area contributed by atoms with Gasteiger partial charge >= 0.3 is 0 Å². The highest BCUT2D eigenvalue weighted by molar-refractivity contribution is 5.85. The van der Waals surface area contributed by atoms with Crippen molar-refractivity contribution in [1.82, 2.24) is 0 Å². The molecule has 1 saturated heterocycles. The van der Waals surface area contributed by atoms with Crippen molar-refractivity contribution in [3.63, 3.8) is 0 Å². The van der Waals surface area contributed by atoms with Gasteiger partial charge in [0.2, 0.25) is 0 Å². The number of carboxylic acids is 1. The van der Waals surface area contributed by atoms with Crippen molar-refractivity contribution in [3.8, 4) is 0 Å². The minimum Gasteiger partial charge on any atom is -0.545 e. The molecule has 0 saturated carbocycles. The first-order valence-corrected chi connectivity index (χ1v) is 5.74. The van der Waals surface area contributed by atoms with E-state index in [2.05, 4.69) is 0 Å². The van der Waals surface area contributed by atoms with Gasteiger partial charge < -0.3 is 14.8 Å². The molecule has 0 aromatic rings. The van der Waals surface area contributed by atoms with Gasteiger partial charge in [-0.05, 0) is 5.57 Å². The van der Waals surface area contributed by atoms with E-state index in [1.807, 2.05) is 0 Å². The number of piperidine rings is 1. The molecular weight excluding hydrogens is 258 g/mol. The number of carbonyl (C=O) groups is 1. The number of quaternary nitrogens is 1. The Bertz CT molecular complexity index is 503. The first-order chi connectivity index (χ1) is 8.71. The van der Waals surface area contributed by atoms with E-state index in [0.717, 1.165) is 6.08 Å². The summed E-state index contributed by atoms with van der Waals surface area (Å²) in [5.41, 5.74) is -3.63. The summed E-state index contributed by atoms with van der Waals surface area (Å²) < 4.78 is 0. The lowest BCUT2D eigenvalue weighted by atomic mass is 9.69. The van der Waals surface area contributed by atoms with Gasteiger partial charge in [-0.3, -0.25) is 20.2 Å². The number of rotatable bonds is 3. The lowest BCUT2D eigenvalue weighted by Gasteiger charge is -2.41. The van der Waals surface area contributed by atoms with Crippen LogP contribution in [0.3, 0.4) is 0 Å². The molecule has 9 heteroatoms. The number of aliphatic carboxylic acids is 1. The summed E-state index contributed by atoms with van der Waals surface area (Å²) in [5, 5.41) is 33.5. The van der Waals surface area contributed by atoms with Crippen molar-refractivity contribution in [3.05, 3.63) is 31.9 Å². The minimum atomic E-state index is -1.69. The SMILES string of the molecule is C[NH+]1C[C@]2([N+](=O)[O-])C=C(C(=O)[O-])C[C@@]([N+](=O)[O-])(C1)C2. The number of carbonyl (C=O) groups excluding carboxylic acids is 1. The second-order valence-corrected chi connectivity index (χ2v) is 5.46. The van der Waals surface area contributed by atoms with Gasteiger partial charge in [0.15, 0.2) is 6.54 Å². The van der Waals surface area contributed by atoms with Gasteiger partial charge in [-0.25, -0.2) is 0 Å². The molecular formula is C10H13N3O6. The van der Waals surface area contributed by atoms with Crippen molar-refractivity contribution >= 4 is 5.97 Å². The van der Waals surface area contributed by atoms with Crippen LogP contribution in [0.5, 0.6) is 0 Å². The van der Waals surface area contributed by atoms with Crippen LogP contribution in [-0.2, 0) is 4.79 Å². The number of fused-ring (bicyclic) bond motifs is 2. The van der Waals surface area contributed by atoms with Crippen LogP contribution in [0, 0.1) is 20.2 Å². The summed E-state index contributed by atoms with van der Waals surface area (Å²) in [4.78, 5) is 33.0. The molecule has 1 heterocycles. The number of likely N-dealkylation sites (tertiary alicyclic amines) is 1. The fourth-order valence-corrected chi connectivity index (χ4v) is 3.31. The minimum absolute atomic E-state index is 0.0341. The number of likely N-dealkylation sites (N-methyl/N-ethyl adjacent to an activating group) is 1. The second kappa shape index (κ2) is 3.98. The van der Waals surface area contributed by atoms with Crippen molar-refractivity contribution < 1.29 is 24.6 Å². The van der Waals surface area contributed by atoms with Crippen molar-refractivity contribution in [1.29, 1.82) is 0 Å². The molecule has 104 valence electrons. The molecule has 2 aliphatic rings. The second-order valence-electron chi connectivity index (χ2n) is 5.46. The Morgan fingerprint density at radius 1 is 1.32 bits per heavy atom. The molecule has 0 aromatic heterocycles. The van der Waals surface area contributed by atoms with Crippen LogP contribution in [0.15, 0.2) is 11.6 Å². The number of carboxylic acid groups (broad SMARTS) is 1. The molecule has 1 N–H and O–H groups in total. The van der Waals surface area contributed by atoms with E-state index in [1.54, 1.807) is 7.05 Å². The third kappa shape index (κ3) is 1.95. The van der Waals surface area contributed by atoms with Crippen LogP contribution < -0.4 is 10.0 Å². The van der Waals surface area contributed by atoms with E-state index < -0.39 is 26.9 Å². The van der Waals surface area contributed by atoms with E-state index in [0.29, 0.717) is 4.90 Å². The molecule has 0 radical (unpaired) electrons. The average molecular weight is 271 g/mol. The number of nitro groups is 2. The molecule has 19 heavy (non-hydrogen) atoms. The van der Waals surface area contributed by atoms with E-state index >= 15 is 0 Å². The monoisotopic (exact) mass is 271 g/mol. The van der Waals surface area contributed by atoms with Crippen LogP contribution >= 0.6 is 0 Å². The Hall–Kier alpha value is -2.03. The van der Waals surface area contributed by atoms with Crippen LogP contribution in [0.4, 0.5) is 0 Å². The molecule has 9 nitrogen and oxygen atoms in total. The zero-order chi connectivity index (χ0) is 14.4. The van der Waals surface area contributed by atoms with Crippen LogP contribution in [0.25, 0.3) is 0 Å². The van der Waals surface area contributed by atoms with E-state index in [9.17, 15) is 30.1 Å². The molecule has 1 aliphatic heterocycles. The fourth-order valence-electron chi connectivity index (χ4n) is 3.31. The van der Waals surface area contributed by atoms with Gasteiger partial charge in [0.1, 0.15) is 13.0 Å². The molecule has 1 aliphatic carbocycles. The van der Waals surface area contributed by atoms with E-state index in [4.69, 9.17) is 0 Å². The Kier molecular flexibility index (Phi) is 2.81. The van der Waals surface area contributed by atoms with Gasteiger partial charge in [-0.15, -0.1) is 0 Å². The summed E-state index contributed by atoms with van der Waals surface area (Å²) >= 11 is 0. The predicted octanol–water partition coefficient (Wildman–Crippen LogP) is -2.98. The normalized spacial score (nSPS) is 37.3. The molecule has 0 amide bonds. The number of hydrogen-bond donors (Lipinski definition) is 1. The third-order valence-electron chi connectivity index (χ3n) is 3.85. The molecule has 2 bridgehead atoms. The molecule has 3 atom stereocenters. The van der Waals surface area contributed by atoms with Gasteiger partial charge in [-0.2, -0.15) is 0 Å². The maximum absolute atomic E-state index is 11.3. The maximum Gasteiger partial charge on any atom is 0.295 e. The van der Waals surface area contributed by atoms with Crippen LogP contribution in [0.2, 0.25) is 0 Å². The summed E-state index contributed by atoms with van der Waals surface area (Å²) in [6.45, 7) is 0.104. The van der Waals surface area contributed by atoms with Crippen molar-refractivity contribution in [2.24, 2.45) is 0 Å². The lowest BCUT2D eigenvalue weighted by molar-refractivity contribution is -0.926. The van der Waals surface area contributed by atoms with Gasteiger partial charge in [0, 0.05) is 15.9 Å². The Morgan fingerprint density at radius 3 is 2.42 bits per heavy atom. The van der Waals surface area contributed by atoms with Gasteiger partial charge in [0.05, 0.1) is 19.4 Å². The first kappa shape index (κ1) is 13.4. The standard InChI is InChI=1S/C10H13N3O6/c1-11-5-9(12(16)17)2-7(8(14)15)3-10(4-9,6-11)13(18)19/h2H,3-6H2,1H3,(H,14,15)/t9-,10-/m0/s1. The predicted molar refractivity (Wildman–Crippen MR) is 58.4 cm³/mol. The van der Waals surface area contributed by atoms with Gasteiger partial charge in [0.25, 0.3) is 11.1 Å². The average Bonchev–Trinajstić information content (AvgIpc) is 2.26. The molecule has 1 unspecified atom stereocenters. The van der Waals surface area contributed by atoms with Crippen LogP contribution in [0.1, 0.15) is 12.8 Å². The Morgan fingerprint density at radius 2 is 1.95 bits per heavy atom. The summed E-state index contributed by atoms with van der Waals surface area (Å²) in [6, 6.07) is 0. The number of hydrogen-bond acceptors (Lipinski definition) is 6. The van der Waals surface area contributed by atoms with E-state index in [-0.39, 0.29) is 31.5 Å². The molecule has 1 fully saturated rings. The van der Waals surface area contributed by atoms with E-state index in [1.165, 1.54) is 0 Å². The zero-order valence-electron chi connectivity index (χ0n) is 10.2. The molecule has 0 aromatic carbocycles. The van der Waals surface area contributed by atoms with Crippen molar-refractivity contribution in [2.45, 2.75) is 23.9 Å². The first-order valence-electron chi connectivity index (χ1n) is 5.74. The quantitative estimate of drug-likeness (QED) is 0.430. The molecule has 2 rings (SSSR count). The molecule has 0 spiro atoms. The smallest absolute Gasteiger partial charge is 0.295 e.